The number of anilines is 1. The van der Waals surface area contributed by atoms with Crippen molar-refractivity contribution in [1.29, 1.82) is 0 Å². The average molecular weight is 276 g/mol. The minimum atomic E-state index is -3.50. The molecule has 0 amide bonds. The molecule has 0 radical (unpaired) electrons. The summed E-state index contributed by atoms with van der Waals surface area (Å²) in [5, 5.41) is 2.19. The van der Waals surface area contributed by atoms with E-state index in [9.17, 15) is 12.8 Å². The number of halogens is 1. The Kier molecular flexibility index (Phi) is 4.92. The molecule has 1 rings (SSSR count). The van der Waals surface area contributed by atoms with E-state index >= 15 is 0 Å². The summed E-state index contributed by atoms with van der Waals surface area (Å²) >= 11 is 0. The fraction of sp³-hybridized carbons (Fsp3) is 0.455. The van der Waals surface area contributed by atoms with Crippen LogP contribution in [-0.2, 0) is 10.0 Å². The Labute approximate surface area is 106 Å². The van der Waals surface area contributed by atoms with E-state index < -0.39 is 21.1 Å². The van der Waals surface area contributed by atoms with Crippen LogP contribution in [0.15, 0.2) is 18.2 Å². The summed E-state index contributed by atoms with van der Waals surface area (Å²) in [6.07, 6.45) is 0. The molecule has 0 aliphatic carbocycles. The summed E-state index contributed by atoms with van der Waals surface area (Å²) in [7, 11) is -0.511. The normalized spacial score (nSPS) is 13.1. The van der Waals surface area contributed by atoms with Crippen molar-refractivity contribution in [2.75, 3.05) is 25.4 Å². The maximum absolute atomic E-state index is 13.2. The number of hydrogen-bond acceptors (Lipinski definition) is 4. The lowest BCUT2D eigenvalue weighted by Crippen LogP contribution is -2.33. The Morgan fingerprint density at radius 3 is 2.67 bits per heavy atom. The Morgan fingerprint density at radius 1 is 1.44 bits per heavy atom. The standard InChI is InChI=1S/C11H17FN2O3S/c1-8(7-13-2)18(15,16)14-9-4-5-10(12)11(6-9)17-3/h4-6,8,13-14H,7H2,1-3H3. The van der Waals surface area contributed by atoms with Gasteiger partial charge in [-0.05, 0) is 26.1 Å². The van der Waals surface area contributed by atoms with Gasteiger partial charge in [0.1, 0.15) is 0 Å². The summed E-state index contributed by atoms with van der Waals surface area (Å²) in [5.41, 5.74) is 0.274. The third-order valence-corrected chi connectivity index (χ3v) is 4.18. The molecule has 5 nitrogen and oxygen atoms in total. The Hall–Kier alpha value is -1.34. The van der Waals surface area contributed by atoms with Gasteiger partial charge >= 0.3 is 0 Å². The number of ether oxygens (including phenoxy) is 1. The van der Waals surface area contributed by atoms with Gasteiger partial charge in [-0.3, -0.25) is 4.72 Å². The summed E-state index contributed by atoms with van der Waals surface area (Å²) in [5.74, 6) is -0.541. The molecule has 0 aliphatic rings. The SMILES string of the molecule is CNCC(C)S(=O)(=O)Nc1ccc(F)c(OC)c1. The molecule has 2 N–H and O–H groups in total. The monoisotopic (exact) mass is 276 g/mol. The van der Waals surface area contributed by atoms with E-state index in [-0.39, 0.29) is 11.4 Å². The van der Waals surface area contributed by atoms with Crippen LogP contribution in [0.5, 0.6) is 5.75 Å². The number of benzene rings is 1. The second-order valence-corrected chi connectivity index (χ2v) is 5.96. The second-order valence-electron chi connectivity index (χ2n) is 3.86. The zero-order valence-corrected chi connectivity index (χ0v) is 11.3. The van der Waals surface area contributed by atoms with Gasteiger partial charge in [0.25, 0.3) is 0 Å². The first-order valence-electron chi connectivity index (χ1n) is 5.40. The highest BCUT2D eigenvalue weighted by Gasteiger charge is 2.20. The van der Waals surface area contributed by atoms with Gasteiger partial charge in [0.2, 0.25) is 10.0 Å². The molecule has 1 atom stereocenters. The molecule has 0 aliphatic heterocycles. The number of rotatable bonds is 6. The van der Waals surface area contributed by atoms with E-state index in [1.165, 1.54) is 19.2 Å². The lowest BCUT2D eigenvalue weighted by Gasteiger charge is -2.15. The molecule has 1 aromatic rings. The molecular weight excluding hydrogens is 259 g/mol. The lowest BCUT2D eigenvalue weighted by molar-refractivity contribution is 0.387. The summed E-state index contributed by atoms with van der Waals surface area (Å²) in [6, 6.07) is 3.81. The van der Waals surface area contributed by atoms with Crippen LogP contribution in [0.3, 0.4) is 0 Å². The molecule has 0 saturated heterocycles. The second kappa shape index (κ2) is 6.01. The molecule has 0 fully saturated rings. The minimum Gasteiger partial charge on any atom is -0.494 e. The summed E-state index contributed by atoms with van der Waals surface area (Å²) in [6.45, 7) is 1.91. The van der Waals surface area contributed by atoms with E-state index in [1.54, 1.807) is 14.0 Å². The van der Waals surface area contributed by atoms with Crippen molar-refractivity contribution in [2.45, 2.75) is 12.2 Å². The smallest absolute Gasteiger partial charge is 0.236 e. The summed E-state index contributed by atoms with van der Waals surface area (Å²) < 4.78 is 44.1. The highest BCUT2D eigenvalue weighted by Crippen LogP contribution is 2.22. The van der Waals surface area contributed by atoms with Crippen molar-refractivity contribution in [1.82, 2.24) is 5.32 Å². The van der Waals surface area contributed by atoms with Crippen LogP contribution in [0, 0.1) is 5.82 Å². The topological polar surface area (TPSA) is 67.4 Å². The van der Waals surface area contributed by atoms with Crippen LogP contribution < -0.4 is 14.8 Å². The predicted molar refractivity (Wildman–Crippen MR) is 68.9 cm³/mol. The molecule has 0 bridgehead atoms. The first kappa shape index (κ1) is 14.7. The van der Waals surface area contributed by atoms with Crippen molar-refractivity contribution in [2.24, 2.45) is 0 Å². The molecule has 1 unspecified atom stereocenters. The van der Waals surface area contributed by atoms with Gasteiger partial charge < -0.3 is 10.1 Å². The van der Waals surface area contributed by atoms with Crippen molar-refractivity contribution >= 4 is 15.7 Å². The molecular formula is C11H17FN2O3S. The number of nitrogens with one attached hydrogen (secondary N) is 2. The largest absolute Gasteiger partial charge is 0.494 e. The predicted octanol–water partition coefficient (Wildman–Crippen LogP) is 1.18. The number of hydrogen-bond donors (Lipinski definition) is 2. The first-order chi connectivity index (χ1) is 8.40. The molecule has 0 aromatic heterocycles. The zero-order chi connectivity index (χ0) is 13.8. The van der Waals surface area contributed by atoms with E-state index in [1.807, 2.05) is 0 Å². The van der Waals surface area contributed by atoms with Crippen LogP contribution in [0.2, 0.25) is 0 Å². The molecule has 0 heterocycles. The van der Waals surface area contributed by atoms with Gasteiger partial charge in [0, 0.05) is 12.6 Å². The molecule has 0 saturated carbocycles. The number of methoxy groups -OCH3 is 1. The molecule has 102 valence electrons. The zero-order valence-electron chi connectivity index (χ0n) is 10.5. The van der Waals surface area contributed by atoms with Gasteiger partial charge in [-0.15, -0.1) is 0 Å². The van der Waals surface area contributed by atoms with E-state index in [0.29, 0.717) is 6.54 Å². The third kappa shape index (κ3) is 3.58. The van der Waals surface area contributed by atoms with Crippen molar-refractivity contribution in [3.05, 3.63) is 24.0 Å². The van der Waals surface area contributed by atoms with Gasteiger partial charge in [-0.1, -0.05) is 0 Å². The minimum absolute atomic E-state index is 0.00327. The fourth-order valence-electron chi connectivity index (χ4n) is 1.39. The molecule has 18 heavy (non-hydrogen) atoms. The van der Waals surface area contributed by atoms with Crippen molar-refractivity contribution < 1.29 is 17.5 Å². The van der Waals surface area contributed by atoms with Gasteiger partial charge in [0.05, 0.1) is 18.0 Å². The van der Waals surface area contributed by atoms with Gasteiger partial charge in [-0.25, -0.2) is 12.8 Å². The first-order valence-corrected chi connectivity index (χ1v) is 6.95. The summed E-state index contributed by atoms with van der Waals surface area (Å²) in [4.78, 5) is 0. The van der Waals surface area contributed by atoms with E-state index in [4.69, 9.17) is 4.74 Å². The third-order valence-electron chi connectivity index (χ3n) is 2.43. The van der Waals surface area contributed by atoms with Crippen molar-refractivity contribution in [3.63, 3.8) is 0 Å². The van der Waals surface area contributed by atoms with Crippen LogP contribution in [0.25, 0.3) is 0 Å². The van der Waals surface area contributed by atoms with Gasteiger partial charge in [0.15, 0.2) is 11.6 Å². The Balaban J connectivity index is 2.91. The Bertz CT molecular complexity index is 505. The van der Waals surface area contributed by atoms with Crippen LogP contribution in [0.1, 0.15) is 6.92 Å². The maximum Gasteiger partial charge on any atom is 0.236 e. The quantitative estimate of drug-likeness (QED) is 0.819. The average Bonchev–Trinajstić information content (AvgIpc) is 2.31. The lowest BCUT2D eigenvalue weighted by atomic mass is 10.3. The highest BCUT2D eigenvalue weighted by atomic mass is 32.2. The molecule has 7 heteroatoms. The van der Waals surface area contributed by atoms with E-state index in [0.717, 1.165) is 6.07 Å². The maximum atomic E-state index is 13.2. The molecule has 1 aromatic carbocycles. The Morgan fingerprint density at radius 2 is 2.11 bits per heavy atom. The van der Waals surface area contributed by atoms with Crippen LogP contribution in [0.4, 0.5) is 10.1 Å². The highest BCUT2D eigenvalue weighted by molar-refractivity contribution is 7.93. The van der Waals surface area contributed by atoms with Crippen LogP contribution in [-0.4, -0.2) is 34.4 Å². The van der Waals surface area contributed by atoms with Crippen LogP contribution >= 0.6 is 0 Å². The van der Waals surface area contributed by atoms with E-state index in [2.05, 4.69) is 10.0 Å². The van der Waals surface area contributed by atoms with Crippen molar-refractivity contribution in [3.8, 4) is 5.75 Å². The molecule has 0 spiro atoms. The number of sulfonamides is 1. The fourth-order valence-corrected chi connectivity index (χ4v) is 2.43. The van der Waals surface area contributed by atoms with Gasteiger partial charge in [-0.2, -0.15) is 0 Å².